The van der Waals surface area contributed by atoms with Gasteiger partial charge in [0.1, 0.15) is 5.57 Å². The first-order valence-electron chi connectivity index (χ1n) is 5.69. The van der Waals surface area contributed by atoms with Crippen LogP contribution >= 0.6 is 23.5 Å². The van der Waals surface area contributed by atoms with Gasteiger partial charge in [0.2, 0.25) is 0 Å². The van der Waals surface area contributed by atoms with Gasteiger partial charge in [-0.3, -0.25) is 14.4 Å². The number of Topliss-reactive ketones (excluding diaryl/α,β-unsaturated/α-hetero) is 1. The number of thioether (sulfide) groups is 2. The number of nitrogens with zero attached hydrogens (tertiary/aromatic N) is 1. The summed E-state index contributed by atoms with van der Waals surface area (Å²) in [6, 6.07) is 0. The minimum Gasteiger partial charge on any atom is -0.480 e. The summed E-state index contributed by atoms with van der Waals surface area (Å²) in [6.07, 6.45) is 0. The van der Waals surface area contributed by atoms with Crippen LogP contribution in [-0.4, -0.2) is 58.6 Å². The fourth-order valence-corrected chi connectivity index (χ4v) is 3.90. The molecule has 0 unspecified atom stereocenters. The van der Waals surface area contributed by atoms with Crippen molar-refractivity contribution in [1.82, 2.24) is 4.90 Å². The van der Waals surface area contributed by atoms with E-state index in [2.05, 4.69) is 0 Å². The fourth-order valence-electron chi connectivity index (χ4n) is 1.73. The van der Waals surface area contributed by atoms with Crippen molar-refractivity contribution in [1.29, 1.82) is 0 Å². The van der Waals surface area contributed by atoms with Crippen molar-refractivity contribution in [3.63, 3.8) is 0 Å². The van der Waals surface area contributed by atoms with Crippen molar-refractivity contribution in [3.05, 3.63) is 9.81 Å². The highest BCUT2D eigenvalue weighted by atomic mass is 32.3. The SMILES string of the molecule is CC(=O)C(C(=O)N1CCOCC1)=C1SC(C(=O)O)S1. The Morgan fingerprint density at radius 3 is 2.32 bits per heavy atom. The molecule has 104 valence electrons. The molecule has 0 aliphatic carbocycles. The molecule has 1 N–H and O–H groups in total. The monoisotopic (exact) mass is 303 g/mol. The third-order valence-electron chi connectivity index (χ3n) is 2.70. The van der Waals surface area contributed by atoms with Gasteiger partial charge in [-0.25, -0.2) is 0 Å². The molecule has 0 bridgehead atoms. The number of rotatable bonds is 3. The molecule has 2 fully saturated rings. The summed E-state index contributed by atoms with van der Waals surface area (Å²) in [4.78, 5) is 36.2. The van der Waals surface area contributed by atoms with Crippen LogP contribution < -0.4 is 0 Å². The third kappa shape index (κ3) is 3.13. The molecular weight excluding hydrogens is 290 g/mol. The molecule has 2 heterocycles. The van der Waals surface area contributed by atoms with E-state index in [1.54, 1.807) is 4.90 Å². The first-order valence-corrected chi connectivity index (χ1v) is 7.45. The van der Waals surface area contributed by atoms with Gasteiger partial charge in [0, 0.05) is 13.1 Å². The van der Waals surface area contributed by atoms with Gasteiger partial charge in [-0.2, -0.15) is 0 Å². The smallest absolute Gasteiger partial charge is 0.327 e. The fraction of sp³-hybridized carbons (Fsp3) is 0.545. The Morgan fingerprint density at radius 1 is 1.26 bits per heavy atom. The third-order valence-corrected chi connectivity index (χ3v) is 5.52. The molecule has 0 aromatic heterocycles. The van der Waals surface area contributed by atoms with E-state index in [1.165, 1.54) is 6.92 Å². The number of hydrogen-bond donors (Lipinski definition) is 1. The van der Waals surface area contributed by atoms with Crippen LogP contribution in [0.15, 0.2) is 9.81 Å². The molecule has 2 saturated heterocycles. The molecular formula is C11H13NO5S2. The molecule has 19 heavy (non-hydrogen) atoms. The van der Waals surface area contributed by atoms with Crippen LogP contribution in [0.3, 0.4) is 0 Å². The van der Waals surface area contributed by atoms with Crippen molar-refractivity contribution in [2.45, 2.75) is 11.5 Å². The summed E-state index contributed by atoms with van der Waals surface area (Å²) >= 11 is 2.11. The van der Waals surface area contributed by atoms with Gasteiger partial charge in [0.15, 0.2) is 10.4 Å². The van der Waals surface area contributed by atoms with E-state index in [0.29, 0.717) is 30.5 Å². The van der Waals surface area contributed by atoms with Gasteiger partial charge in [-0.15, -0.1) is 0 Å². The van der Waals surface area contributed by atoms with E-state index >= 15 is 0 Å². The van der Waals surface area contributed by atoms with Crippen LogP contribution in [0, 0.1) is 0 Å². The minimum atomic E-state index is -0.944. The summed E-state index contributed by atoms with van der Waals surface area (Å²) in [5.74, 6) is -1.59. The van der Waals surface area contributed by atoms with Crippen molar-refractivity contribution < 1.29 is 24.2 Å². The normalized spacial score (nSPS) is 22.7. The van der Waals surface area contributed by atoms with E-state index in [0.717, 1.165) is 23.5 Å². The molecule has 6 nitrogen and oxygen atoms in total. The lowest BCUT2D eigenvalue weighted by molar-refractivity contribution is -0.135. The molecule has 8 heteroatoms. The molecule has 2 aliphatic heterocycles. The van der Waals surface area contributed by atoms with E-state index < -0.39 is 10.6 Å². The van der Waals surface area contributed by atoms with Gasteiger partial charge < -0.3 is 14.7 Å². The molecule has 2 aliphatic rings. The van der Waals surface area contributed by atoms with Crippen LogP contribution in [0.1, 0.15) is 6.92 Å². The number of carbonyl (C=O) groups excluding carboxylic acids is 2. The van der Waals surface area contributed by atoms with Crippen LogP contribution in [0.4, 0.5) is 0 Å². The molecule has 0 aromatic carbocycles. The number of ether oxygens (including phenoxy) is 1. The quantitative estimate of drug-likeness (QED) is 0.462. The summed E-state index contributed by atoms with van der Waals surface area (Å²) in [5, 5.41) is 8.80. The number of aliphatic carboxylic acids is 1. The van der Waals surface area contributed by atoms with Crippen LogP contribution in [-0.2, 0) is 19.1 Å². The van der Waals surface area contributed by atoms with Crippen LogP contribution in [0.2, 0.25) is 0 Å². The molecule has 0 aromatic rings. The number of carboxylic acids is 1. The molecule has 0 radical (unpaired) electrons. The number of morpholine rings is 1. The summed E-state index contributed by atoms with van der Waals surface area (Å²) in [7, 11) is 0. The summed E-state index contributed by atoms with van der Waals surface area (Å²) in [5.41, 5.74) is 0.106. The largest absolute Gasteiger partial charge is 0.480 e. The maximum Gasteiger partial charge on any atom is 0.327 e. The van der Waals surface area contributed by atoms with E-state index in [4.69, 9.17) is 9.84 Å². The minimum absolute atomic E-state index is 0.106. The summed E-state index contributed by atoms with van der Waals surface area (Å²) < 4.78 is 5.04. The molecule has 0 atom stereocenters. The number of carbonyl (C=O) groups is 3. The molecule has 2 rings (SSSR count). The lowest BCUT2D eigenvalue weighted by Gasteiger charge is -2.30. The second kappa shape index (κ2) is 5.98. The number of amides is 1. The number of carboxylic acid groups (broad SMARTS) is 1. The highest BCUT2D eigenvalue weighted by molar-refractivity contribution is 8.39. The highest BCUT2D eigenvalue weighted by Crippen LogP contribution is 2.52. The van der Waals surface area contributed by atoms with E-state index in [-0.39, 0.29) is 17.3 Å². The lowest BCUT2D eigenvalue weighted by Crippen LogP contribution is -2.43. The van der Waals surface area contributed by atoms with Gasteiger partial charge in [-0.05, 0) is 6.92 Å². The zero-order valence-corrected chi connectivity index (χ0v) is 11.9. The second-order valence-corrected chi connectivity index (χ2v) is 6.82. The van der Waals surface area contributed by atoms with E-state index in [9.17, 15) is 14.4 Å². The lowest BCUT2D eigenvalue weighted by atomic mass is 10.2. The number of hydrogen-bond acceptors (Lipinski definition) is 6. The van der Waals surface area contributed by atoms with Gasteiger partial charge in [0.05, 0.1) is 17.5 Å². The summed E-state index contributed by atoms with van der Waals surface area (Å²) in [6.45, 7) is 3.17. The van der Waals surface area contributed by atoms with E-state index in [1.807, 2.05) is 0 Å². The first kappa shape index (κ1) is 14.4. The van der Waals surface area contributed by atoms with Crippen molar-refractivity contribution in [2.24, 2.45) is 0 Å². The maximum atomic E-state index is 12.3. The maximum absolute atomic E-state index is 12.3. The van der Waals surface area contributed by atoms with Crippen molar-refractivity contribution in [3.8, 4) is 0 Å². The predicted octanol–water partition coefficient (Wildman–Crippen LogP) is 0.537. The molecule has 0 spiro atoms. The average molecular weight is 303 g/mol. The highest BCUT2D eigenvalue weighted by Gasteiger charge is 2.38. The molecule has 0 saturated carbocycles. The van der Waals surface area contributed by atoms with Crippen LogP contribution in [0.5, 0.6) is 0 Å². The van der Waals surface area contributed by atoms with Gasteiger partial charge in [0.25, 0.3) is 5.91 Å². The predicted molar refractivity (Wildman–Crippen MR) is 71.7 cm³/mol. The Kier molecular flexibility index (Phi) is 4.54. The molecule has 1 amide bonds. The second-order valence-electron chi connectivity index (χ2n) is 4.03. The Hall–Kier alpha value is -0.990. The standard InChI is InChI=1S/C11H13NO5S2/c1-6(13)7(10-18-11(19-10)9(15)16)8(14)12-2-4-17-5-3-12/h11H,2-5H2,1H3,(H,15,16). The Bertz CT molecular complexity index is 448. The van der Waals surface area contributed by atoms with Crippen molar-refractivity contribution in [2.75, 3.05) is 26.3 Å². The zero-order valence-electron chi connectivity index (χ0n) is 10.2. The topological polar surface area (TPSA) is 83.9 Å². The average Bonchev–Trinajstić information content (AvgIpc) is 2.32. The Balaban J connectivity index is 2.13. The van der Waals surface area contributed by atoms with Gasteiger partial charge in [-0.1, -0.05) is 23.5 Å². The van der Waals surface area contributed by atoms with Crippen LogP contribution in [0.25, 0.3) is 0 Å². The van der Waals surface area contributed by atoms with Gasteiger partial charge >= 0.3 is 5.97 Å². The Morgan fingerprint density at radius 2 is 1.84 bits per heavy atom. The zero-order chi connectivity index (χ0) is 14.0. The number of ketones is 1. The first-order chi connectivity index (χ1) is 9.00. The Labute approximate surface area is 118 Å². The van der Waals surface area contributed by atoms with Crippen molar-refractivity contribution >= 4 is 41.2 Å².